The summed E-state index contributed by atoms with van der Waals surface area (Å²) >= 11 is 1.46. The zero-order chi connectivity index (χ0) is 13.5. The van der Waals surface area contributed by atoms with Gasteiger partial charge in [-0.3, -0.25) is 4.79 Å². The maximum absolute atomic E-state index is 12.6. The van der Waals surface area contributed by atoms with Crippen molar-refractivity contribution in [1.82, 2.24) is 9.88 Å². The molecule has 0 aromatic carbocycles. The minimum atomic E-state index is -0.141. The van der Waals surface area contributed by atoms with Crippen LogP contribution in [0.3, 0.4) is 0 Å². The molecule has 1 amide bonds. The van der Waals surface area contributed by atoms with E-state index in [1.807, 2.05) is 4.90 Å². The van der Waals surface area contributed by atoms with Gasteiger partial charge in [-0.25, -0.2) is 4.98 Å². The van der Waals surface area contributed by atoms with E-state index in [1.165, 1.54) is 24.2 Å². The molecule has 2 heterocycles. The van der Waals surface area contributed by atoms with Crippen molar-refractivity contribution in [1.29, 1.82) is 0 Å². The number of piperidine rings is 1. The van der Waals surface area contributed by atoms with Crippen molar-refractivity contribution in [2.75, 3.05) is 19.7 Å². The number of carbonyl (C=O) groups is 1. The van der Waals surface area contributed by atoms with E-state index < -0.39 is 0 Å². The standard InChI is InChI=1S/C14H20N2O2S/c1-14(8-17)5-2-6-16(7-14)13(18)12-11(10-3-4-10)15-9-19-12/h9-10,17H,2-8H2,1H3. The molecule has 0 bridgehead atoms. The van der Waals surface area contributed by atoms with E-state index in [0.717, 1.165) is 30.0 Å². The van der Waals surface area contributed by atoms with Gasteiger partial charge in [0.2, 0.25) is 0 Å². The van der Waals surface area contributed by atoms with Crippen molar-refractivity contribution in [3.63, 3.8) is 0 Å². The molecular formula is C14H20N2O2S. The minimum absolute atomic E-state index is 0.115. The summed E-state index contributed by atoms with van der Waals surface area (Å²) in [6, 6.07) is 0. The van der Waals surface area contributed by atoms with Gasteiger partial charge in [0.05, 0.1) is 17.8 Å². The number of nitrogens with zero attached hydrogens (tertiary/aromatic N) is 2. The Labute approximate surface area is 117 Å². The lowest BCUT2D eigenvalue weighted by Gasteiger charge is -2.39. The lowest BCUT2D eigenvalue weighted by Crippen LogP contribution is -2.46. The molecule has 1 aliphatic heterocycles. The van der Waals surface area contributed by atoms with Crippen molar-refractivity contribution in [2.45, 2.75) is 38.5 Å². The molecule has 2 fully saturated rings. The van der Waals surface area contributed by atoms with Crippen LogP contribution in [-0.4, -0.2) is 40.6 Å². The third kappa shape index (κ3) is 2.54. The van der Waals surface area contributed by atoms with Gasteiger partial charge in [0, 0.05) is 24.4 Å². The molecule has 3 rings (SSSR count). The van der Waals surface area contributed by atoms with E-state index in [9.17, 15) is 9.90 Å². The van der Waals surface area contributed by atoms with Crippen molar-refractivity contribution >= 4 is 17.2 Å². The maximum atomic E-state index is 12.6. The number of carbonyl (C=O) groups excluding carboxylic acids is 1. The van der Waals surface area contributed by atoms with Gasteiger partial charge in [-0.05, 0) is 25.7 Å². The van der Waals surface area contributed by atoms with E-state index in [0.29, 0.717) is 12.5 Å². The number of aliphatic hydroxyl groups is 1. The smallest absolute Gasteiger partial charge is 0.265 e. The van der Waals surface area contributed by atoms with Crippen molar-refractivity contribution in [3.05, 3.63) is 16.1 Å². The van der Waals surface area contributed by atoms with Gasteiger partial charge in [-0.1, -0.05) is 6.92 Å². The number of hydrogen-bond acceptors (Lipinski definition) is 4. The Morgan fingerprint density at radius 2 is 2.42 bits per heavy atom. The number of thiazole rings is 1. The second-order valence-electron chi connectivity index (χ2n) is 6.14. The van der Waals surface area contributed by atoms with Crippen LogP contribution in [0.15, 0.2) is 5.51 Å². The van der Waals surface area contributed by atoms with Gasteiger partial charge in [0.25, 0.3) is 5.91 Å². The van der Waals surface area contributed by atoms with Gasteiger partial charge in [-0.15, -0.1) is 11.3 Å². The number of hydrogen-bond donors (Lipinski definition) is 1. The summed E-state index contributed by atoms with van der Waals surface area (Å²) in [5.41, 5.74) is 2.65. The average molecular weight is 280 g/mol. The number of rotatable bonds is 3. The monoisotopic (exact) mass is 280 g/mol. The highest BCUT2D eigenvalue weighted by Gasteiger charge is 2.36. The first-order chi connectivity index (χ1) is 9.13. The zero-order valence-electron chi connectivity index (χ0n) is 11.3. The third-order valence-corrected chi connectivity index (χ3v) is 5.03. The first-order valence-corrected chi connectivity index (χ1v) is 7.84. The predicted molar refractivity (Wildman–Crippen MR) is 74.4 cm³/mol. The van der Waals surface area contributed by atoms with Gasteiger partial charge < -0.3 is 10.0 Å². The largest absolute Gasteiger partial charge is 0.396 e. The minimum Gasteiger partial charge on any atom is -0.396 e. The first kappa shape index (κ1) is 13.1. The third-order valence-electron chi connectivity index (χ3n) is 4.20. The highest BCUT2D eigenvalue weighted by atomic mass is 32.1. The van der Waals surface area contributed by atoms with Crippen molar-refractivity contribution < 1.29 is 9.90 Å². The summed E-state index contributed by atoms with van der Waals surface area (Å²) in [6.07, 6.45) is 4.29. The zero-order valence-corrected chi connectivity index (χ0v) is 12.1. The molecule has 1 saturated heterocycles. The Balaban J connectivity index is 1.77. The molecule has 2 aliphatic rings. The lowest BCUT2D eigenvalue weighted by atomic mass is 9.83. The van der Waals surface area contributed by atoms with Crippen molar-refractivity contribution in [2.24, 2.45) is 5.41 Å². The van der Waals surface area contributed by atoms with Gasteiger partial charge in [-0.2, -0.15) is 0 Å². The predicted octanol–water partition coefficient (Wildman–Crippen LogP) is 2.26. The Morgan fingerprint density at radius 3 is 3.11 bits per heavy atom. The van der Waals surface area contributed by atoms with Crippen LogP contribution >= 0.6 is 11.3 Å². The number of aliphatic hydroxyl groups excluding tert-OH is 1. The molecular weight excluding hydrogens is 260 g/mol. The SMILES string of the molecule is CC1(CO)CCCN(C(=O)c2scnc2C2CC2)C1. The van der Waals surface area contributed by atoms with E-state index in [-0.39, 0.29) is 17.9 Å². The van der Waals surface area contributed by atoms with Gasteiger partial charge in [0.15, 0.2) is 0 Å². The fourth-order valence-corrected chi connectivity index (χ4v) is 3.67. The summed E-state index contributed by atoms with van der Waals surface area (Å²) in [6.45, 7) is 3.66. The Kier molecular flexibility index (Phi) is 3.35. The average Bonchev–Trinajstić information content (AvgIpc) is 3.15. The molecule has 1 N–H and O–H groups in total. The Bertz CT molecular complexity index is 484. The van der Waals surface area contributed by atoms with Crippen LogP contribution in [-0.2, 0) is 0 Å². The fourth-order valence-electron chi connectivity index (χ4n) is 2.82. The fraction of sp³-hybridized carbons (Fsp3) is 0.714. The van der Waals surface area contributed by atoms with Crippen LogP contribution in [0.1, 0.15) is 53.9 Å². The molecule has 1 atom stereocenters. The molecule has 1 aliphatic carbocycles. The molecule has 1 saturated carbocycles. The molecule has 104 valence electrons. The molecule has 0 spiro atoms. The lowest BCUT2D eigenvalue weighted by molar-refractivity contribution is 0.0360. The normalized spacial score (nSPS) is 27.6. The summed E-state index contributed by atoms with van der Waals surface area (Å²) in [7, 11) is 0. The molecule has 1 aromatic heterocycles. The maximum Gasteiger partial charge on any atom is 0.265 e. The molecule has 0 radical (unpaired) electrons. The summed E-state index contributed by atoms with van der Waals surface area (Å²) in [5, 5.41) is 9.49. The van der Waals surface area contributed by atoms with E-state index in [2.05, 4.69) is 11.9 Å². The number of aromatic nitrogens is 1. The molecule has 5 heteroatoms. The van der Waals surface area contributed by atoms with Crippen LogP contribution in [0.4, 0.5) is 0 Å². The van der Waals surface area contributed by atoms with Crippen LogP contribution in [0.5, 0.6) is 0 Å². The van der Waals surface area contributed by atoms with E-state index >= 15 is 0 Å². The Morgan fingerprint density at radius 1 is 1.63 bits per heavy atom. The van der Waals surface area contributed by atoms with Crippen molar-refractivity contribution in [3.8, 4) is 0 Å². The number of amides is 1. The second kappa shape index (κ2) is 4.87. The van der Waals surface area contributed by atoms with E-state index in [4.69, 9.17) is 0 Å². The Hall–Kier alpha value is -0.940. The highest BCUT2D eigenvalue weighted by molar-refractivity contribution is 7.11. The summed E-state index contributed by atoms with van der Waals surface area (Å²) < 4.78 is 0. The van der Waals surface area contributed by atoms with Crippen LogP contribution < -0.4 is 0 Å². The topological polar surface area (TPSA) is 53.4 Å². The first-order valence-electron chi connectivity index (χ1n) is 6.96. The van der Waals surface area contributed by atoms with Crippen LogP contribution in [0, 0.1) is 5.41 Å². The molecule has 4 nitrogen and oxygen atoms in total. The molecule has 1 aromatic rings. The molecule has 19 heavy (non-hydrogen) atoms. The van der Waals surface area contributed by atoms with E-state index in [1.54, 1.807) is 5.51 Å². The van der Waals surface area contributed by atoms with Gasteiger partial charge >= 0.3 is 0 Å². The van der Waals surface area contributed by atoms with Crippen LogP contribution in [0.2, 0.25) is 0 Å². The van der Waals surface area contributed by atoms with Gasteiger partial charge in [0.1, 0.15) is 4.88 Å². The quantitative estimate of drug-likeness (QED) is 0.924. The summed E-state index contributed by atoms with van der Waals surface area (Å²) in [5.74, 6) is 0.628. The van der Waals surface area contributed by atoms with Crippen LogP contribution in [0.25, 0.3) is 0 Å². The molecule has 1 unspecified atom stereocenters. The second-order valence-corrected chi connectivity index (χ2v) is 6.99. The highest BCUT2D eigenvalue weighted by Crippen LogP contribution is 2.42. The number of likely N-dealkylation sites (tertiary alicyclic amines) is 1. The summed E-state index contributed by atoms with van der Waals surface area (Å²) in [4.78, 5) is 19.7.